The summed E-state index contributed by atoms with van der Waals surface area (Å²) in [4.78, 5) is 25.8. The minimum Gasteiger partial charge on any atom is -0.368 e. The van der Waals surface area contributed by atoms with Crippen molar-refractivity contribution in [3.8, 4) is 0 Å². The summed E-state index contributed by atoms with van der Waals surface area (Å²) in [6.07, 6.45) is 2.23. The summed E-state index contributed by atoms with van der Waals surface area (Å²) >= 11 is 0. The predicted octanol–water partition coefficient (Wildman–Crippen LogP) is 1.61. The molecule has 0 aliphatic rings. The lowest BCUT2D eigenvalue weighted by molar-refractivity contribution is -0.384. The zero-order chi connectivity index (χ0) is 14.6. The number of hydrogen-bond donors (Lipinski definition) is 2. The second-order valence-electron chi connectivity index (χ2n) is 4.55. The highest BCUT2D eigenvalue weighted by molar-refractivity contribution is 5.83. The molecule has 0 unspecified atom stereocenters. The van der Waals surface area contributed by atoms with Crippen LogP contribution in [0.4, 0.5) is 11.5 Å². The quantitative estimate of drug-likeness (QED) is 0.600. The lowest BCUT2D eigenvalue weighted by Gasteiger charge is -2.21. The minimum atomic E-state index is -0.682. The Hall–Kier alpha value is -2.18. The molecule has 0 aromatic carbocycles. The average molecular weight is 266 g/mol. The van der Waals surface area contributed by atoms with E-state index in [0.29, 0.717) is 5.56 Å². The van der Waals surface area contributed by atoms with Crippen molar-refractivity contribution < 1.29 is 9.72 Å². The Balaban J connectivity index is 3.09. The Kier molecular flexibility index (Phi) is 4.80. The maximum absolute atomic E-state index is 11.4. The van der Waals surface area contributed by atoms with Gasteiger partial charge in [0.1, 0.15) is 6.04 Å². The van der Waals surface area contributed by atoms with E-state index in [-0.39, 0.29) is 17.4 Å². The molecule has 1 aromatic heterocycles. The van der Waals surface area contributed by atoms with E-state index in [1.165, 1.54) is 12.3 Å². The number of anilines is 1. The fourth-order valence-corrected chi connectivity index (χ4v) is 1.68. The first-order valence-corrected chi connectivity index (χ1v) is 6.03. The number of aryl methyl sites for hydroxylation is 1. The van der Waals surface area contributed by atoms with E-state index in [1.54, 1.807) is 6.92 Å². The fraction of sp³-hybridized carbons (Fsp3) is 0.500. The molecular formula is C12H18N4O3. The summed E-state index contributed by atoms with van der Waals surface area (Å²) in [7, 11) is 0. The van der Waals surface area contributed by atoms with Crippen LogP contribution in [0.3, 0.4) is 0 Å². The zero-order valence-electron chi connectivity index (χ0n) is 11.2. The van der Waals surface area contributed by atoms with Gasteiger partial charge in [0, 0.05) is 12.3 Å². The first kappa shape index (κ1) is 14.9. The predicted molar refractivity (Wildman–Crippen MR) is 71.7 cm³/mol. The largest absolute Gasteiger partial charge is 0.368 e. The third-order valence-corrected chi connectivity index (χ3v) is 3.01. The number of nitrogens with one attached hydrogen (secondary N) is 1. The summed E-state index contributed by atoms with van der Waals surface area (Å²) < 4.78 is 0. The Morgan fingerprint density at radius 3 is 2.74 bits per heavy atom. The van der Waals surface area contributed by atoms with E-state index < -0.39 is 16.9 Å². The Bertz CT molecular complexity index is 490. The van der Waals surface area contributed by atoms with Crippen LogP contribution < -0.4 is 11.1 Å². The molecule has 1 amide bonds. The molecule has 104 valence electrons. The average Bonchev–Trinajstić information content (AvgIpc) is 2.35. The smallest absolute Gasteiger partial charge is 0.311 e. The number of nitrogens with two attached hydrogens (primary N) is 1. The molecule has 0 spiro atoms. The third-order valence-electron chi connectivity index (χ3n) is 3.01. The molecular weight excluding hydrogens is 248 g/mol. The molecule has 0 radical (unpaired) electrons. The van der Waals surface area contributed by atoms with Crippen molar-refractivity contribution in [2.75, 3.05) is 5.32 Å². The van der Waals surface area contributed by atoms with Crippen LogP contribution >= 0.6 is 0 Å². The van der Waals surface area contributed by atoms with Gasteiger partial charge >= 0.3 is 5.69 Å². The lowest BCUT2D eigenvalue weighted by atomic mass is 9.98. The number of nitro groups is 1. The van der Waals surface area contributed by atoms with Crippen molar-refractivity contribution in [3.05, 3.63) is 27.9 Å². The normalized spacial score (nSPS) is 13.6. The maximum atomic E-state index is 11.4. The first-order chi connectivity index (χ1) is 8.86. The van der Waals surface area contributed by atoms with E-state index in [9.17, 15) is 14.9 Å². The Morgan fingerprint density at radius 2 is 2.26 bits per heavy atom. The molecule has 7 heteroatoms. The van der Waals surface area contributed by atoms with Crippen LogP contribution in [0.5, 0.6) is 0 Å². The van der Waals surface area contributed by atoms with Crippen molar-refractivity contribution in [2.24, 2.45) is 11.7 Å². The molecule has 7 nitrogen and oxygen atoms in total. The van der Waals surface area contributed by atoms with Crippen molar-refractivity contribution in [3.63, 3.8) is 0 Å². The number of amides is 1. The summed E-state index contributed by atoms with van der Waals surface area (Å²) in [5.74, 6) is -0.522. The molecule has 0 saturated carbocycles. The number of hydrogen-bond acceptors (Lipinski definition) is 5. The third kappa shape index (κ3) is 3.64. The minimum absolute atomic E-state index is 0.0415. The number of carbonyl (C=O) groups excluding carboxylic acids is 1. The standard InChI is InChI=1S/C12H18N4O3/c1-4-8(3)10(11(13)17)15-12-9(16(18)19)5-7(2)6-14-12/h5-6,8,10H,4H2,1-3H3,(H2,13,17)(H,14,15)/t8-,10-/m0/s1. The number of carbonyl (C=O) groups is 1. The maximum Gasteiger partial charge on any atom is 0.311 e. The van der Waals surface area contributed by atoms with Gasteiger partial charge < -0.3 is 11.1 Å². The monoisotopic (exact) mass is 266 g/mol. The van der Waals surface area contributed by atoms with Gasteiger partial charge in [-0.05, 0) is 18.4 Å². The van der Waals surface area contributed by atoms with Crippen LogP contribution in [-0.2, 0) is 4.79 Å². The van der Waals surface area contributed by atoms with Crippen LogP contribution in [0.2, 0.25) is 0 Å². The summed E-state index contributed by atoms with van der Waals surface area (Å²) in [5.41, 5.74) is 5.84. The molecule has 0 aliphatic carbocycles. The molecule has 1 aromatic rings. The van der Waals surface area contributed by atoms with Crippen molar-refractivity contribution >= 4 is 17.4 Å². The van der Waals surface area contributed by atoms with Gasteiger partial charge in [-0.25, -0.2) is 4.98 Å². The molecule has 1 heterocycles. The summed E-state index contributed by atoms with van der Waals surface area (Å²) in [5, 5.41) is 13.8. The topological polar surface area (TPSA) is 111 Å². The van der Waals surface area contributed by atoms with Crippen molar-refractivity contribution in [2.45, 2.75) is 33.2 Å². The number of nitrogens with zero attached hydrogens (tertiary/aromatic N) is 2. The lowest BCUT2D eigenvalue weighted by Crippen LogP contribution is -2.40. The van der Waals surface area contributed by atoms with Gasteiger partial charge in [-0.2, -0.15) is 0 Å². The summed E-state index contributed by atoms with van der Waals surface area (Å²) in [6, 6.07) is 0.725. The van der Waals surface area contributed by atoms with Crippen LogP contribution in [0.1, 0.15) is 25.8 Å². The second kappa shape index (κ2) is 6.12. The first-order valence-electron chi connectivity index (χ1n) is 6.03. The van der Waals surface area contributed by atoms with E-state index >= 15 is 0 Å². The van der Waals surface area contributed by atoms with Gasteiger partial charge in [-0.15, -0.1) is 0 Å². The molecule has 1 rings (SSSR count). The number of pyridine rings is 1. The number of rotatable bonds is 6. The van der Waals surface area contributed by atoms with E-state index in [0.717, 1.165) is 6.42 Å². The van der Waals surface area contributed by atoms with Crippen LogP contribution in [0.25, 0.3) is 0 Å². The van der Waals surface area contributed by atoms with Crippen molar-refractivity contribution in [1.82, 2.24) is 4.98 Å². The van der Waals surface area contributed by atoms with Gasteiger partial charge in [0.15, 0.2) is 0 Å². The van der Waals surface area contributed by atoms with Crippen LogP contribution in [0, 0.1) is 23.0 Å². The van der Waals surface area contributed by atoms with Crippen LogP contribution in [-0.4, -0.2) is 21.9 Å². The highest BCUT2D eigenvalue weighted by Crippen LogP contribution is 2.24. The molecule has 0 bridgehead atoms. The fourth-order valence-electron chi connectivity index (χ4n) is 1.68. The van der Waals surface area contributed by atoms with Gasteiger partial charge in [-0.1, -0.05) is 20.3 Å². The van der Waals surface area contributed by atoms with Gasteiger partial charge in [0.25, 0.3) is 0 Å². The molecule has 0 saturated heterocycles. The molecule has 0 fully saturated rings. The molecule has 2 atom stereocenters. The number of aromatic nitrogens is 1. The zero-order valence-corrected chi connectivity index (χ0v) is 11.2. The Morgan fingerprint density at radius 1 is 1.63 bits per heavy atom. The van der Waals surface area contributed by atoms with E-state index in [1.807, 2.05) is 13.8 Å². The highest BCUT2D eigenvalue weighted by atomic mass is 16.6. The second-order valence-corrected chi connectivity index (χ2v) is 4.55. The van der Waals surface area contributed by atoms with E-state index in [4.69, 9.17) is 5.73 Å². The van der Waals surface area contributed by atoms with Crippen molar-refractivity contribution in [1.29, 1.82) is 0 Å². The Labute approximate surface area is 111 Å². The van der Waals surface area contributed by atoms with Gasteiger partial charge in [0.05, 0.1) is 4.92 Å². The number of primary amides is 1. The summed E-state index contributed by atoms with van der Waals surface area (Å²) in [6.45, 7) is 5.48. The van der Waals surface area contributed by atoms with Gasteiger partial charge in [0.2, 0.25) is 11.7 Å². The van der Waals surface area contributed by atoms with E-state index in [2.05, 4.69) is 10.3 Å². The highest BCUT2D eigenvalue weighted by Gasteiger charge is 2.25. The molecule has 3 N–H and O–H groups in total. The van der Waals surface area contributed by atoms with Crippen LogP contribution in [0.15, 0.2) is 12.3 Å². The van der Waals surface area contributed by atoms with Gasteiger partial charge in [-0.3, -0.25) is 14.9 Å². The molecule has 19 heavy (non-hydrogen) atoms. The SMILES string of the molecule is CC[C@H](C)[C@H](Nc1ncc(C)cc1[N+](=O)[O-])C(N)=O. The molecule has 0 aliphatic heterocycles.